The fraction of sp³-hybridized carbons (Fsp3) is 0.190. The number of ether oxygens (including phenoxy) is 2. The van der Waals surface area contributed by atoms with Crippen LogP contribution in [0.25, 0.3) is 15.5 Å². The number of carbonyl (C=O) groups excluding carboxylic acids is 1. The predicted octanol–water partition coefficient (Wildman–Crippen LogP) is 3.61. The molecule has 0 aliphatic carbocycles. The largest absolute Gasteiger partial charge is 0.497 e. The van der Waals surface area contributed by atoms with Gasteiger partial charge in [-0.25, -0.2) is 0 Å². The molecule has 0 atom stereocenters. The minimum Gasteiger partial charge on any atom is -0.497 e. The molecule has 9 nitrogen and oxygen atoms in total. The summed E-state index contributed by atoms with van der Waals surface area (Å²) in [5, 5.41) is 19.4. The molecule has 2 N–H and O–H groups in total. The number of carbonyl (C=O) groups is 1. The average molecular weight is 469 g/mol. The number of fused-ring (bicyclic) bond motifs is 1. The summed E-state index contributed by atoms with van der Waals surface area (Å²) in [4.78, 5) is 13.4. The van der Waals surface area contributed by atoms with Gasteiger partial charge < -0.3 is 14.8 Å². The van der Waals surface area contributed by atoms with Crippen LogP contribution in [-0.4, -0.2) is 45.1 Å². The molecule has 0 saturated heterocycles. The molecule has 0 aliphatic heterocycles. The fourth-order valence-electron chi connectivity index (χ4n) is 3.04. The molecule has 164 valence electrons. The van der Waals surface area contributed by atoms with Gasteiger partial charge in [0.25, 0.3) is 5.91 Å². The summed E-state index contributed by atoms with van der Waals surface area (Å²) in [6.45, 7) is 3.81. The van der Waals surface area contributed by atoms with Gasteiger partial charge in [0.15, 0.2) is 10.9 Å². The lowest BCUT2D eigenvalue weighted by Crippen LogP contribution is -2.34. The smallest absolute Gasteiger partial charge is 0.257 e. The molecule has 0 radical (unpaired) electrons. The molecular formula is C21H20N6O3S2. The van der Waals surface area contributed by atoms with Gasteiger partial charge in [-0.05, 0) is 62.0 Å². The van der Waals surface area contributed by atoms with E-state index in [9.17, 15) is 4.79 Å². The number of hydrogen-bond donors (Lipinski definition) is 2. The zero-order valence-electron chi connectivity index (χ0n) is 17.8. The summed E-state index contributed by atoms with van der Waals surface area (Å²) in [6.07, 6.45) is 0. The number of hydrogen-bond acceptors (Lipinski definition) is 8. The number of aryl methyl sites for hydroxylation is 2. The predicted molar refractivity (Wildman–Crippen MR) is 127 cm³/mol. The molecule has 4 aromatic rings. The zero-order chi connectivity index (χ0) is 22.8. The van der Waals surface area contributed by atoms with Crippen molar-refractivity contribution in [1.29, 1.82) is 0 Å². The summed E-state index contributed by atoms with van der Waals surface area (Å²) >= 11 is 6.80. The van der Waals surface area contributed by atoms with Crippen LogP contribution in [0.1, 0.15) is 21.7 Å². The summed E-state index contributed by atoms with van der Waals surface area (Å²) in [6, 6.07) is 10.8. The van der Waals surface area contributed by atoms with E-state index in [1.54, 1.807) is 22.7 Å². The van der Waals surface area contributed by atoms with Crippen LogP contribution in [-0.2, 0) is 0 Å². The minimum atomic E-state index is -0.371. The van der Waals surface area contributed by atoms with Crippen LogP contribution in [0.15, 0.2) is 36.4 Å². The zero-order valence-corrected chi connectivity index (χ0v) is 19.4. The third kappa shape index (κ3) is 4.39. The van der Waals surface area contributed by atoms with E-state index in [0.29, 0.717) is 17.1 Å². The molecule has 0 saturated carbocycles. The number of aromatic nitrogens is 4. The Morgan fingerprint density at radius 3 is 2.41 bits per heavy atom. The van der Waals surface area contributed by atoms with Crippen molar-refractivity contribution in [2.75, 3.05) is 19.5 Å². The maximum Gasteiger partial charge on any atom is 0.257 e. The minimum absolute atomic E-state index is 0.182. The van der Waals surface area contributed by atoms with Crippen LogP contribution in [0.5, 0.6) is 11.5 Å². The number of anilines is 1. The van der Waals surface area contributed by atoms with E-state index in [1.807, 2.05) is 32.0 Å². The van der Waals surface area contributed by atoms with Gasteiger partial charge in [0.2, 0.25) is 4.96 Å². The van der Waals surface area contributed by atoms with E-state index in [-0.39, 0.29) is 11.0 Å². The summed E-state index contributed by atoms with van der Waals surface area (Å²) in [5.41, 5.74) is 3.06. The lowest BCUT2D eigenvalue weighted by molar-refractivity contribution is 0.0977. The second-order valence-corrected chi connectivity index (χ2v) is 8.25. The van der Waals surface area contributed by atoms with E-state index < -0.39 is 0 Å². The number of rotatable bonds is 5. The number of amides is 1. The van der Waals surface area contributed by atoms with Gasteiger partial charge in [-0.1, -0.05) is 11.3 Å². The first-order chi connectivity index (χ1) is 15.4. The molecule has 2 aromatic carbocycles. The van der Waals surface area contributed by atoms with Gasteiger partial charge in [0.05, 0.1) is 14.2 Å². The Morgan fingerprint density at radius 2 is 1.78 bits per heavy atom. The van der Waals surface area contributed by atoms with Crippen molar-refractivity contribution in [2.45, 2.75) is 13.8 Å². The second kappa shape index (κ2) is 8.89. The molecule has 1 amide bonds. The Labute approximate surface area is 193 Å². The Bertz CT molecular complexity index is 1310. The molecule has 2 aromatic heterocycles. The van der Waals surface area contributed by atoms with Crippen LogP contribution in [0, 0.1) is 13.8 Å². The fourth-order valence-corrected chi connectivity index (χ4v) is 4.12. The maximum absolute atomic E-state index is 12.6. The van der Waals surface area contributed by atoms with Gasteiger partial charge in [-0.15, -0.1) is 10.2 Å². The third-order valence-corrected chi connectivity index (χ3v) is 5.86. The Hall–Kier alpha value is -3.57. The van der Waals surface area contributed by atoms with Crippen LogP contribution >= 0.6 is 23.6 Å². The van der Waals surface area contributed by atoms with Crippen molar-refractivity contribution in [3.05, 3.63) is 53.3 Å². The van der Waals surface area contributed by atoms with Gasteiger partial charge in [-0.2, -0.15) is 9.61 Å². The van der Waals surface area contributed by atoms with E-state index in [1.165, 1.54) is 25.6 Å². The summed E-state index contributed by atoms with van der Waals surface area (Å²) in [7, 11) is 3.05. The van der Waals surface area contributed by atoms with Gasteiger partial charge >= 0.3 is 0 Å². The Morgan fingerprint density at radius 1 is 1.06 bits per heavy atom. The molecule has 0 bridgehead atoms. The van der Waals surface area contributed by atoms with E-state index in [0.717, 1.165) is 32.6 Å². The van der Waals surface area contributed by atoms with Crippen LogP contribution in [0.2, 0.25) is 0 Å². The van der Waals surface area contributed by atoms with Gasteiger partial charge in [-0.3, -0.25) is 10.1 Å². The Kier molecular flexibility index (Phi) is 6.01. The first kappa shape index (κ1) is 21.7. The SMILES string of the molecule is COc1cc(OC)cc(C(=O)NC(=S)Nc2ccc(-c3nn4c(C)nnc4s3)cc2C)c1. The third-order valence-electron chi connectivity index (χ3n) is 4.71. The highest BCUT2D eigenvalue weighted by Crippen LogP contribution is 2.28. The maximum atomic E-state index is 12.6. The van der Waals surface area contributed by atoms with Crippen molar-refractivity contribution in [3.8, 4) is 22.1 Å². The second-order valence-electron chi connectivity index (χ2n) is 6.89. The number of nitrogens with one attached hydrogen (secondary N) is 2. The molecule has 2 heterocycles. The van der Waals surface area contributed by atoms with E-state index in [4.69, 9.17) is 21.7 Å². The van der Waals surface area contributed by atoms with Crippen LogP contribution < -0.4 is 20.1 Å². The molecule has 0 aliphatic rings. The highest BCUT2D eigenvalue weighted by Gasteiger charge is 2.14. The molecular weight excluding hydrogens is 448 g/mol. The quantitative estimate of drug-likeness (QED) is 0.428. The van der Waals surface area contributed by atoms with Gasteiger partial charge in [0.1, 0.15) is 16.5 Å². The average Bonchev–Trinajstić information content (AvgIpc) is 3.36. The highest BCUT2D eigenvalue weighted by molar-refractivity contribution is 7.80. The normalized spacial score (nSPS) is 10.8. The number of thiocarbonyl (C=S) groups is 1. The van der Waals surface area contributed by atoms with Crippen molar-refractivity contribution < 1.29 is 14.3 Å². The first-order valence-electron chi connectivity index (χ1n) is 9.53. The monoisotopic (exact) mass is 468 g/mol. The number of methoxy groups -OCH3 is 2. The lowest BCUT2D eigenvalue weighted by Gasteiger charge is -2.13. The lowest BCUT2D eigenvalue weighted by atomic mass is 10.1. The molecule has 11 heteroatoms. The first-order valence-corrected chi connectivity index (χ1v) is 10.8. The van der Waals surface area contributed by atoms with Crippen molar-refractivity contribution >= 4 is 45.2 Å². The number of benzene rings is 2. The number of nitrogens with zero attached hydrogens (tertiary/aromatic N) is 4. The molecule has 32 heavy (non-hydrogen) atoms. The molecule has 0 unspecified atom stereocenters. The summed E-state index contributed by atoms with van der Waals surface area (Å²) in [5.74, 6) is 1.40. The van der Waals surface area contributed by atoms with E-state index in [2.05, 4.69) is 25.9 Å². The van der Waals surface area contributed by atoms with Crippen LogP contribution in [0.3, 0.4) is 0 Å². The standard InChI is InChI=1S/C21H20N6O3S2/c1-11-7-13(19-26-27-12(2)24-25-21(27)32-19)5-6-17(11)22-20(31)23-18(28)14-8-15(29-3)10-16(9-14)30-4/h5-10H,1-4H3,(H2,22,23,28,31). The Balaban J connectivity index is 1.47. The van der Waals surface area contributed by atoms with Crippen molar-refractivity contribution in [3.63, 3.8) is 0 Å². The van der Waals surface area contributed by atoms with E-state index >= 15 is 0 Å². The van der Waals surface area contributed by atoms with Crippen molar-refractivity contribution in [2.24, 2.45) is 0 Å². The van der Waals surface area contributed by atoms with Gasteiger partial charge in [0, 0.05) is 22.9 Å². The topological polar surface area (TPSA) is 103 Å². The summed E-state index contributed by atoms with van der Waals surface area (Å²) < 4.78 is 12.1. The van der Waals surface area contributed by atoms with Crippen LogP contribution in [0.4, 0.5) is 5.69 Å². The molecule has 0 spiro atoms. The van der Waals surface area contributed by atoms with Crippen molar-refractivity contribution in [1.82, 2.24) is 25.1 Å². The molecule has 4 rings (SSSR count). The highest BCUT2D eigenvalue weighted by atomic mass is 32.1. The molecule has 0 fully saturated rings.